The van der Waals surface area contributed by atoms with Gasteiger partial charge in [0.15, 0.2) is 0 Å². The fourth-order valence-corrected chi connectivity index (χ4v) is 1.99. The summed E-state index contributed by atoms with van der Waals surface area (Å²) in [6.45, 7) is 2.05. The molecule has 4 heteroatoms. The van der Waals surface area contributed by atoms with Crippen molar-refractivity contribution in [1.82, 2.24) is 9.78 Å². The molecule has 14 heavy (non-hydrogen) atoms. The molecule has 3 nitrogen and oxygen atoms in total. The predicted molar refractivity (Wildman–Crippen MR) is 59.7 cm³/mol. The molecule has 1 aromatic carbocycles. The fourth-order valence-electron chi connectivity index (χ4n) is 1.48. The molecule has 74 valence electrons. The van der Waals surface area contributed by atoms with Crippen LogP contribution in [0.3, 0.4) is 0 Å². The standard InChI is InChI=1S/C10H11BrN2O/c1-6-7-4-8(11)10(14-3)5-9(7)12-13(6)2/h4-5H,1-3H3. The van der Waals surface area contributed by atoms with E-state index in [4.69, 9.17) is 4.74 Å². The highest BCUT2D eigenvalue weighted by Gasteiger charge is 2.08. The van der Waals surface area contributed by atoms with Crippen molar-refractivity contribution in [3.63, 3.8) is 0 Å². The molecule has 0 saturated heterocycles. The van der Waals surface area contributed by atoms with Gasteiger partial charge in [-0.1, -0.05) is 0 Å². The maximum atomic E-state index is 5.21. The van der Waals surface area contributed by atoms with Crippen molar-refractivity contribution in [2.24, 2.45) is 7.05 Å². The lowest BCUT2D eigenvalue weighted by Gasteiger charge is -2.01. The summed E-state index contributed by atoms with van der Waals surface area (Å²) < 4.78 is 8.04. The minimum absolute atomic E-state index is 0.815. The molecular formula is C10H11BrN2O. The van der Waals surface area contributed by atoms with Gasteiger partial charge in [-0.15, -0.1) is 0 Å². The van der Waals surface area contributed by atoms with Crippen LogP contribution in [-0.2, 0) is 7.05 Å². The number of aromatic nitrogens is 2. The lowest BCUT2D eigenvalue weighted by Crippen LogP contribution is -1.91. The minimum Gasteiger partial charge on any atom is -0.495 e. The van der Waals surface area contributed by atoms with E-state index in [0.29, 0.717) is 0 Å². The second-order valence-electron chi connectivity index (χ2n) is 3.21. The molecule has 1 aromatic heterocycles. The third-order valence-corrected chi connectivity index (χ3v) is 3.02. The van der Waals surface area contributed by atoms with Crippen molar-refractivity contribution >= 4 is 26.8 Å². The van der Waals surface area contributed by atoms with Crippen LogP contribution in [0.15, 0.2) is 16.6 Å². The topological polar surface area (TPSA) is 27.1 Å². The molecule has 0 N–H and O–H groups in total. The zero-order valence-electron chi connectivity index (χ0n) is 8.34. The van der Waals surface area contributed by atoms with Gasteiger partial charge in [-0.25, -0.2) is 0 Å². The summed E-state index contributed by atoms with van der Waals surface area (Å²) in [6, 6.07) is 3.98. The first-order valence-electron chi connectivity index (χ1n) is 4.30. The lowest BCUT2D eigenvalue weighted by molar-refractivity contribution is 0.412. The monoisotopic (exact) mass is 254 g/mol. The quantitative estimate of drug-likeness (QED) is 0.783. The first kappa shape index (κ1) is 9.52. The Labute approximate surface area is 90.8 Å². The number of benzene rings is 1. The summed E-state index contributed by atoms with van der Waals surface area (Å²) in [7, 11) is 3.59. The summed E-state index contributed by atoms with van der Waals surface area (Å²) >= 11 is 3.46. The Morgan fingerprint density at radius 1 is 1.43 bits per heavy atom. The summed E-state index contributed by atoms with van der Waals surface area (Å²) in [5, 5.41) is 5.53. The molecular weight excluding hydrogens is 244 g/mol. The van der Waals surface area contributed by atoms with E-state index in [-0.39, 0.29) is 0 Å². The van der Waals surface area contributed by atoms with Crippen LogP contribution < -0.4 is 4.74 Å². The van der Waals surface area contributed by atoms with Crippen LogP contribution in [-0.4, -0.2) is 16.9 Å². The van der Waals surface area contributed by atoms with Crippen LogP contribution in [0.5, 0.6) is 5.75 Å². The van der Waals surface area contributed by atoms with E-state index in [9.17, 15) is 0 Å². The molecule has 0 fully saturated rings. The highest BCUT2D eigenvalue weighted by molar-refractivity contribution is 9.10. The Balaban J connectivity index is 2.79. The highest BCUT2D eigenvalue weighted by atomic mass is 79.9. The Morgan fingerprint density at radius 2 is 2.14 bits per heavy atom. The van der Waals surface area contributed by atoms with E-state index in [2.05, 4.69) is 21.0 Å². The second kappa shape index (κ2) is 3.28. The molecule has 0 saturated carbocycles. The number of hydrogen-bond donors (Lipinski definition) is 0. The van der Waals surface area contributed by atoms with E-state index in [1.54, 1.807) is 7.11 Å². The van der Waals surface area contributed by atoms with Gasteiger partial charge < -0.3 is 4.74 Å². The molecule has 2 aromatic rings. The van der Waals surface area contributed by atoms with Gasteiger partial charge in [0.25, 0.3) is 0 Å². The van der Waals surface area contributed by atoms with Gasteiger partial charge in [0.1, 0.15) is 5.75 Å². The Hall–Kier alpha value is -1.03. The van der Waals surface area contributed by atoms with Gasteiger partial charge in [-0.3, -0.25) is 4.68 Å². The molecule has 0 bridgehead atoms. The molecule has 0 aliphatic carbocycles. The first-order chi connectivity index (χ1) is 6.63. The van der Waals surface area contributed by atoms with Gasteiger partial charge in [0.05, 0.1) is 17.1 Å². The van der Waals surface area contributed by atoms with Gasteiger partial charge in [-0.05, 0) is 28.9 Å². The van der Waals surface area contributed by atoms with Crippen LogP contribution in [0, 0.1) is 6.92 Å². The van der Waals surface area contributed by atoms with Gasteiger partial charge in [0, 0.05) is 24.2 Å². The zero-order chi connectivity index (χ0) is 10.3. The summed E-state index contributed by atoms with van der Waals surface area (Å²) in [5.41, 5.74) is 2.12. The van der Waals surface area contributed by atoms with E-state index in [1.807, 2.05) is 30.8 Å². The number of hydrogen-bond acceptors (Lipinski definition) is 2. The minimum atomic E-state index is 0.815. The van der Waals surface area contributed by atoms with Gasteiger partial charge in [0.2, 0.25) is 0 Å². The largest absolute Gasteiger partial charge is 0.495 e. The highest BCUT2D eigenvalue weighted by Crippen LogP contribution is 2.30. The molecule has 2 rings (SSSR count). The van der Waals surface area contributed by atoms with Crippen molar-refractivity contribution in [2.75, 3.05) is 7.11 Å². The van der Waals surface area contributed by atoms with Crippen molar-refractivity contribution in [3.05, 3.63) is 22.3 Å². The number of methoxy groups -OCH3 is 1. The van der Waals surface area contributed by atoms with Crippen LogP contribution in [0.25, 0.3) is 10.9 Å². The smallest absolute Gasteiger partial charge is 0.135 e. The molecule has 1 heterocycles. The van der Waals surface area contributed by atoms with Crippen molar-refractivity contribution in [2.45, 2.75) is 6.92 Å². The molecule has 0 unspecified atom stereocenters. The molecule has 0 spiro atoms. The maximum Gasteiger partial charge on any atom is 0.135 e. The van der Waals surface area contributed by atoms with E-state index in [0.717, 1.165) is 26.8 Å². The first-order valence-corrected chi connectivity index (χ1v) is 5.09. The average molecular weight is 255 g/mol. The summed E-state index contributed by atoms with van der Waals surface area (Å²) in [5.74, 6) is 0.815. The molecule has 0 atom stereocenters. The number of rotatable bonds is 1. The second-order valence-corrected chi connectivity index (χ2v) is 4.07. The third-order valence-electron chi connectivity index (χ3n) is 2.40. The Morgan fingerprint density at radius 3 is 2.79 bits per heavy atom. The number of aryl methyl sites for hydroxylation is 2. The normalized spacial score (nSPS) is 10.9. The predicted octanol–water partition coefficient (Wildman–Crippen LogP) is 2.65. The summed E-state index contributed by atoms with van der Waals surface area (Å²) in [4.78, 5) is 0. The van der Waals surface area contributed by atoms with Crippen LogP contribution >= 0.6 is 15.9 Å². The van der Waals surface area contributed by atoms with Crippen LogP contribution in [0.4, 0.5) is 0 Å². The lowest BCUT2D eigenvalue weighted by atomic mass is 10.2. The van der Waals surface area contributed by atoms with E-state index in [1.165, 1.54) is 0 Å². The Bertz CT molecular complexity index is 490. The average Bonchev–Trinajstić information content (AvgIpc) is 2.43. The fraction of sp³-hybridized carbons (Fsp3) is 0.300. The number of ether oxygens (including phenoxy) is 1. The maximum absolute atomic E-state index is 5.21. The number of nitrogens with zero attached hydrogens (tertiary/aromatic N) is 2. The van der Waals surface area contributed by atoms with E-state index >= 15 is 0 Å². The Kier molecular flexibility index (Phi) is 2.23. The zero-order valence-corrected chi connectivity index (χ0v) is 9.92. The van der Waals surface area contributed by atoms with Crippen molar-refractivity contribution < 1.29 is 4.74 Å². The van der Waals surface area contributed by atoms with Crippen LogP contribution in [0.2, 0.25) is 0 Å². The van der Waals surface area contributed by atoms with Gasteiger partial charge in [-0.2, -0.15) is 5.10 Å². The van der Waals surface area contributed by atoms with Crippen molar-refractivity contribution in [1.29, 1.82) is 0 Å². The third kappa shape index (κ3) is 1.30. The SMILES string of the molecule is COc1cc2nn(C)c(C)c2cc1Br. The van der Waals surface area contributed by atoms with E-state index < -0.39 is 0 Å². The van der Waals surface area contributed by atoms with Crippen LogP contribution in [0.1, 0.15) is 5.69 Å². The number of halogens is 1. The molecule has 0 aliphatic heterocycles. The number of fused-ring (bicyclic) bond motifs is 1. The molecule has 0 aliphatic rings. The summed E-state index contributed by atoms with van der Waals surface area (Å²) in [6.07, 6.45) is 0. The van der Waals surface area contributed by atoms with Crippen molar-refractivity contribution in [3.8, 4) is 5.75 Å². The molecule has 0 amide bonds. The van der Waals surface area contributed by atoms with Gasteiger partial charge >= 0.3 is 0 Å². The molecule has 0 radical (unpaired) electrons.